The maximum atomic E-state index is 12.6. The van der Waals surface area contributed by atoms with Gasteiger partial charge in [-0.05, 0) is 38.0 Å². The third-order valence-electron chi connectivity index (χ3n) is 4.10. The van der Waals surface area contributed by atoms with Crippen molar-refractivity contribution in [3.8, 4) is 11.5 Å². The molecule has 1 fully saturated rings. The van der Waals surface area contributed by atoms with Crippen molar-refractivity contribution in [2.45, 2.75) is 31.8 Å². The van der Waals surface area contributed by atoms with E-state index in [-0.39, 0.29) is 18.1 Å². The smallest absolute Gasteiger partial charge is 0.318 e. The molecule has 2 amide bonds. The third-order valence-corrected chi connectivity index (χ3v) is 4.10. The fourth-order valence-corrected chi connectivity index (χ4v) is 3.02. The van der Waals surface area contributed by atoms with Crippen LogP contribution in [0, 0.1) is 0 Å². The second-order valence-electron chi connectivity index (χ2n) is 5.77. The van der Waals surface area contributed by atoms with Crippen molar-refractivity contribution < 1.29 is 19.0 Å². The van der Waals surface area contributed by atoms with Gasteiger partial charge in [-0.25, -0.2) is 4.79 Å². The molecule has 2 rings (SSSR count). The monoisotopic (exact) mass is 322 g/mol. The number of nitrogens with zero attached hydrogens (tertiary/aromatic N) is 1. The van der Waals surface area contributed by atoms with E-state index in [9.17, 15) is 4.79 Å². The lowest BCUT2D eigenvalue weighted by Crippen LogP contribution is -2.45. The van der Waals surface area contributed by atoms with E-state index in [2.05, 4.69) is 5.32 Å². The molecule has 0 radical (unpaired) electrons. The minimum Gasteiger partial charge on any atom is -0.497 e. The molecule has 0 aliphatic carbocycles. The van der Waals surface area contributed by atoms with Crippen LogP contribution in [0.1, 0.15) is 31.4 Å². The maximum Gasteiger partial charge on any atom is 0.318 e. The number of methoxy groups -OCH3 is 3. The molecule has 0 unspecified atom stereocenters. The van der Waals surface area contributed by atoms with Gasteiger partial charge in [0.2, 0.25) is 0 Å². The Morgan fingerprint density at radius 3 is 2.78 bits per heavy atom. The summed E-state index contributed by atoms with van der Waals surface area (Å²) in [5, 5.41) is 2.98. The first-order valence-corrected chi connectivity index (χ1v) is 7.88. The van der Waals surface area contributed by atoms with Gasteiger partial charge in [0.15, 0.2) is 0 Å². The summed E-state index contributed by atoms with van der Waals surface area (Å²) in [6.07, 6.45) is 1.88. The largest absolute Gasteiger partial charge is 0.497 e. The van der Waals surface area contributed by atoms with Crippen LogP contribution < -0.4 is 14.8 Å². The van der Waals surface area contributed by atoms with Crippen LogP contribution in [-0.4, -0.2) is 51.5 Å². The van der Waals surface area contributed by atoms with E-state index >= 15 is 0 Å². The number of amides is 2. The summed E-state index contributed by atoms with van der Waals surface area (Å²) in [6.45, 7) is 3.15. The molecule has 1 aromatic carbocycles. The van der Waals surface area contributed by atoms with Gasteiger partial charge in [0.1, 0.15) is 11.5 Å². The molecule has 1 aromatic rings. The van der Waals surface area contributed by atoms with E-state index in [0.29, 0.717) is 6.61 Å². The van der Waals surface area contributed by atoms with Gasteiger partial charge < -0.3 is 24.4 Å². The molecular formula is C17H26N2O4. The summed E-state index contributed by atoms with van der Waals surface area (Å²) in [4.78, 5) is 14.4. The van der Waals surface area contributed by atoms with Gasteiger partial charge in [-0.3, -0.25) is 0 Å². The van der Waals surface area contributed by atoms with Gasteiger partial charge in [0.25, 0.3) is 0 Å². The molecular weight excluding hydrogens is 296 g/mol. The van der Waals surface area contributed by atoms with Crippen molar-refractivity contribution in [2.24, 2.45) is 0 Å². The molecule has 1 heterocycles. The van der Waals surface area contributed by atoms with Crippen LogP contribution in [0.4, 0.5) is 4.79 Å². The van der Waals surface area contributed by atoms with E-state index in [0.717, 1.165) is 36.4 Å². The molecule has 23 heavy (non-hydrogen) atoms. The molecule has 1 saturated heterocycles. The lowest BCUT2D eigenvalue weighted by molar-refractivity contribution is 0.157. The average molecular weight is 322 g/mol. The SMILES string of the molecule is COC[C@H](C)NC(=O)N1CCC[C@H]1c1cc(OC)ccc1OC. The molecule has 0 spiro atoms. The normalized spacial score (nSPS) is 18.6. The van der Waals surface area contributed by atoms with Gasteiger partial charge in [0.05, 0.1) is 32.9 Å². The first kappa shape index (κ1) is 17.4. The number of hydrogen-bond donors (Lipinski definition) is 1. The van der Waals surface area contributed by atoms with Crippen molar-refractivity contribution in [3.63, 3.8) is 0 Å². The van der Waals surface area contributed by atoms with Crippen LogP contribution in [0.15, 0.2) is 18.2 Å². The zero-order valence-electron chi connectivity index (χ0n) is 14.3. The maximum absolute atomic E-state index is 12.6. The zero-order valence-corrected chi connectivity index (χ0v) is 14.3. The molecule has 0 bridgehead atoms. The Hall–Kier alpha value is -1.95. The number of benzene rings is 1. The number of likely N-dealkylation sites (tertiary alicyclic amines) is 1. The fourth-order valence-electron chi connectivity index (χ4n) is 3.02. The highest BCUT2D eigenvalue weighted by atomic mass is 16.5. The van der Waals surface area contributed by atoms with Gasteiger partial charge in [-0.2, -0.15) is 0 Å². The Kier molecular flexibility index (Phi) is 6.10. The highest BCUT2D eigenvalue weighted by molar-refractivity contribution is 5.75. The number of nitrogens with one attached hydrogen (secondary N) is 1. The van der Waals surface area contributed by atoms with Crippen molar-refractivity contribution in [3.05, 3.63) is 23.8 Å². The first-order chi connectivity index (χ1) is 11.1. The van der Waals surface area contributed by atoms with Crippen molar-refractivity contribution in [2.75, 3.05) is 34.5 Å². The van der Waals surface area contributed by atoms with Gasteiger partial charge in [0, 0.05) is 19.2 Å². The van der Waals surface area contributed by atoms with Crippen LogP contribution in [0.25, 0.3) is 0 Å². The van der Waals surface area contributed by atoms with Crippen LogP contribution >= 0.6 is 0 Å². The van der Waals surface area contributed by atoms with Crippen LogP contribution in [0.2, 0.25) is 0 Å². The number of hydrogen-bond acceptors (Lipinski definition) is 4. The number of urea groups is 1. The summed E-state index contributed by atoms with van der Waals surface area (Å²) in [7, 11) is 4.91. The Morgan fingerprint density at radius 1 is 1.35 bits per heavy atom. The van der Waals surface area contributed by atoms with Crippen LogP contribution in [-0.2, 0) is 4.74 Å². The van der Waals surface area contributed by atoms with E-state index in [1.165, 1.54) is 0 Å². The fraction of sp³-hybridized carbons (Fsp3) is 0.588. The first-order valence-electron chi connectivity index (χ1n) is 7.88. The zero-order chi connectivity index (χ0) is 16.8. The minimum atomic E-state index is -0.0677. The highest BCUT2D eigenvalue weighted by Crippen LogP contribution is 2.38. The van der Waals surface area contributed by atoms with E-state index in [1.807, 2.05) is 30.0 Å². The summed E-state index contributed by atoms with van der Waals surface area (Å²) >= 11 is 0. The predicted molar refractivity (Wildman–Crippen MR) is 88.1 cm³/mol. The molecule has 1 aliphatic rings. The van der Waals surface area contributed by atoms with Crippen LogP contribution in [0.5, 0.6) is 11.5 Å². The summed E-state index contributed by atoms with van der Waals surface area (Å²) < 4.78 is 15.9. The van der Waals surface area contributed by atoms with Crippen molar-refractivity contribution >= 4 is 6.03 Å². The highest BCUT2D eigenvalue weighted by Gasteiger charge is 2.32. The Balaban J connectivity index is 2.19. The number of carbonyl (C=O) groups excluding carboxylic acids is 1. The van der Waals surface area contributed by atoms with Crippen LogP contribution in [0.3, 0.4) is 0 Å². The van der Waals surface area contributed by atoms with Crippen molar-refractivity contribution in [1.29, 1.82) is 0 Å². The minimum absolute atomic E-state index is 0.00482. The second-order valence-corrected chi connectivity index (χ2v) is 5.77. The van der Waals surface area contributed by atoms with E-state index < -0.39 is 0 Å². The van der Waals surface area contributed by atoms with E-state index in [4.69, 9.17) is 14.2 Å². The standard InChI is InChI=1S/C17H26N2O4/c1-12(11-21-2)18-17(20)19-9-5-6-15(19)14-10-13(22-3)7-8-16(14)23-4/h7-8,10,12,15H,5-6,9,11H2,1-4H3,(H,18,20)/t12-,15-/m0/s1. The topological polar surface area (TPSA) is 60.0 Å². The average Bonchev–Trinajstić information content (AvgIpc) is 3.03. The van der Waals surface area contributed by atoms with Gasteiger partial charge in [-0.15, -0.1) is 0 Å². The Bertz CT molecular complexity index is 535. The number of ether oxygens (including phenoxy) is 3. The number of rotatable bonds is 6. The number of carbonyl (C=O) groups is 1. The second kappa shape index (κ2) is 8.06. The Morgan fingerprint density at radius 2 is 2.13 bits per heavy atom. The quantitative estimate of drug-likeness (QED) is 0.874. The molecule has 6 nitrogen and oxygen atoms in total. The van der Waals surface area contributed by atoms with E-state index in [1.54, 1.807) is 21.3 Å². The molecule has 0 aromatic heterocycles. The molecule has 2 atom stereocenters. The molecule has 6 heteroatoms. The Labute approximate surface area is 137 Å². The third kappa shape index (κ3) is 4.07. The molecule has 1 N–H and O–H groups in total. The molecule has 0 saturated carbocycles. The lowest BCUT2D eigenvalue weighted by Gasteiger charge is -2.28. The summed E-state index contributed by atoms with van der Waals surface area (Å²) in [5.41, 5.74) is 0.985. The molecule has 1 aliphatic heterocycles. The predicted octanol–water partition coefficient (Wildman–Crippen LogP) is 2.59. The summed E-state index contributed by atoms with van der Waals surface area (Å²) in [6, 6.07) is 5.60. The molecule has 128 valence electrons. The summed E-state index contributed by atoms with van der Waals surface area (Å²) in [5.74, 6) is 1.54. The van der Waals surface area contributed by atoms with Crippen molar-refractivity contribution in [1.82, 2.24) is 10.2 Å². The van der Waals surface area contributed by atoms with Gasteiger partial charge >= 0.3 is 6.03 Å². The van der Waals surface area contributed by atoms with Gasteiger partial charge in [-0.1, -0.05) is 0 Å². The lowest BCUT2D eigenvalue weighted by atomic mass is 10.0.